The van der Waals surface area contributed by atoms with Gasteiger partial charge in [-0.3, -0.25) is 0 Å². The van der Waals surface area contributed by atoms with Gasteiger partial charge in [-0.1, -0.05) is 72.8 Å². The summed E-state index contributed by atoms with van der Waals surface area (Å²) in [6.45, 7) is 9.73. The summed E-state index contributed by atoms with van der Waals surface area (Å²) in [5.74, 6) is 0. The van der Waals surface area contributed by atoms with E-state index in [9.17, 15) is 0 Å². The van der Waals surface area contributed by atoms with E-state index in [0.29, 0.717) is 0 Å². The molecule has 0 saturated carbocycles. The molecule has 0 aliphatic heterocycles. The second-order valence-electron chi connectivity index (χ2n) is 7.50. The summed E-state index contributed by atoms with van der Waals surface area (Å²) in [4.78, 5) is 0. The minimum absolute atomic E-state index is 1.10. The molecule has 0 heterocycles. The van der Waals surface area contributed by atoms with Crippen molar-refractivity contribution < 1.29 is 0 Å². The summed E-state index contributed by atoms with van der Waals surface area (Å²) >= 11 is 0. The molecule has 1 heteroatoms. The lowest BCUT2D eigenvalue weighted by molar-refractivity contribution is 1.20. The first kappa shape index (κ1) is 14.7. The number of allylic oxidation sites excluding steroid dienone is 16. The van der Waals surface area contributed by atoms with E-state index in [-0.39, 0.29) is 0 Å². The summed E-state index contributed by atoms with van der Waals surface area (Å²) in [5.41, 5.74) is 9.07. The average molecular weight is 317 g/mol. The van der Waals surface area contributed by atoms with Crippen LogP contribution >= 0.6 is 0 Å². The van der Waals surface area contributed by atoms with Crippen molar-refractivity contribution in [2.45, 2.75) is 39.8 Å². The van der Waals surface area contributed by atoms with Crippen LogP contribution in [0.3, 0.4) is 0 Å². The molecule has 0 bridgehead atoms. The molecule has 0 fully saturated rings. The van der Waals surface area contributed by atoms with Gasteiger partial charge in [0.05, 0.1) is 0 Å². The van der Waals surface area contributed by atoms with Crippen molar-refractivity contribution in [1.82, 2.24) is 0 Å². The fourth-order valence-electron chi connectivity index (χ4n) is 4.87. The van der Waals surface area contributed by atoms with E-state index in [1.165, 1.54) is 22.3 Å². The Morgan fingerprint density at radius 1 is 0.739 bits per heavy atom. The molecule has 0 N–H and O–H groups in total. The van der Waals surface area contributed by atoms with Gasteiger partial charge in [-0.15, -0.1) is 0 Å². The van der Waals surface area contributed by atoms with Crippen LogP contribution in [0.5, 0.6) is 0 Å². The van der Waals surface area contributed by atoms with Crippen molar-refractivity contribution in [2.75, 3.05) is 0 Å². The van der Waals surface area contributed by atoms with E-state index in [1.807, 2.05) is 0 Å². The highest BCUT2D eigenvalue weighted by Gasteiger charge is 2.40. The first-order valence-electron chi connectivity index (χ1n) is 8.59. The molecule has 0 spiro atoms. The third-order valence-electron chi connectivity index (χ3n) is 5.55. The second-order valence-corrected chi connectivity index (χ2v) is 11.7. The van der Waals surface area contributed by atoms with Crippen molar-refractivity contribution in [3.8, 4) is 0 Å². The lowest BCUT2D eigenvalue weighted by Crippen LogP contribution is -2.34. The maximum atomic E-state index is 2.55. The van der Waals surface area contributed by atoms with Crippen LogP contribution in [0.25, 0.3) is 0 Å². The molecule has 0 saturated heterocycles. The third kappa shape index (κ3) is 2.10. The number of rotatable bonds is 2. The van der Waals surface area contributed by atoms with Gasteiger partial charge in [0.1, 0.15) is 8.07 Å². The predicted octanol–water partition coefficient (Wildman–Crippen LogP) is 6.06. The monoisotopic (exact) mass is 316 g/mol. The van der Waals surface area contributed by atoms with E-state index in [2.05, 4.69) is 75.5 Å². The Morgan fingerprint density at radius 3 is 1.61 bits per heavy atom. The zero-order chi connectivity index (χ0) is 16.2. The predicted molar refractivity (Wildman–Crippen MR) is 103 cm³/mol. The molecular weight excluding hydrogens is 292 g/mol. The zero-order valence-electron chi connectivity index (χ0n) is 14.5. The van der Waals surface area contributed by atoms with Crippen LogP contribution in [0.15, 0.2) is 92.4 Å². The average Bonchev–Trinajstić information content (AvgIpc) is 3.02. The maximum Gasteiger partial charge on any atom is 0.113 e. The largest absolute Gasteiger partial charge is 0.113 e. The Balaban J connectivity index is 1.89. The molecule has 4 aliphatic carbocycles. The fraction of sp³-hybridized carbons (Fsp3) is 0.273. The number of hydrogen-bond acceptors (Lipinski definition) is 0. The van der Waals surface area contributed by atoms with Crippen LogP contribution in [0.1, 0.15) is 26.7 Å². The molecule has 0 atom stereocenters. The smallest absolute Gasteiger partial charge is 0.0801 e. The fourth-order valence-corrected chi connectivity index (χ4v) is 9.24. The van der Waals surface area contributed by atoms with E-state index in [4.69, 9.17) is 0 Å². The lowest BCUT2D eigenvalue weighted by Gasteiger charge is -2.31. The van der Waals surface area contributed by atoms with Gasteiger partial charge in [0.25, 0.3) is 0 Å². The Hall–Kier alpha value is -1.86. The standard InChI is InChI=1S/C22H24Si/c1-15-13-17-9-5-7-11-19(17)21(15)23(3,4)22-16(2)14-18-10-6-8-12-20(18)22/h5-10,13-14H,11-12H2,1-4H3. The van der Waals surface area contributed by atoms with Crippen LogP contribution in [-0.4, -0.2) is 8.07 Å². The highest BCUT2D eigenvalue weighted by molar-refractivity contribution is 6.92. The van der Waals surface area contributed by atoms with Gasteiger partial charge in [0.15, 0.2) is 0 Å². The van der Waals surface area contributed by atoms with E-state index in [1.54, 1.807) is 21.5 Å². The summed E-state index contributed by atoms with van der Waals surface area (Å²) in [6, 6.07) is 0. The van der Waals surface area contributed by atoms with Crippen molar-refractivity contribution in [3.63, 3.8) is 0 Å². The maximum absolute atomic E-state index is 2.55. The van der Waals surface area contributed by atoms with Gasteiger partial charge < -0.3 is 0 Å². The van der Waals surface area contributed by atoms with Gasteiger partial charge >= 0.3 is 0 Å². The molecule has 4 aliphatic rings. The van der Waals surface area contributed by atoms with E-state index in [0.717, 1.165) is 12.8 Å². The van der Waals surface area contributed by atoms with Crippen molar-refractivity contribution >= 4 is 8.07 Å². The van der Waals surface area contributed by atoms with Crippen LogP contribution in [0.2, 0.25) is 13.1 Å². The SMILES string of the molecule is CC1=CC2=CC=CCC2=C1[Si](C)(C)C1=C2CC=CC=C2C=C1C. The van der Waals surface area contributed by atoms with Gasteiger partial charge in [0, 0.05) is 0 Å². The van der Waals surface area contributed by atoms with Crippen LogP contribution in [0.4, 0.5) is 0 Å². The molecule has 0 aromatic rings. The molecule has 23 heavy (non-hydrogen) atoms. The highest BCUT2D eigenvalue weighted by Crippen LogP contribution is 2.47. The Labute approximate surface area is 140 Å². The molecule has 0 aromatic carbocycles. The number of fused-ring (bicyclic) bond motifs is 2. The minimum atomic E-state index is -1.71. The molecule has 0 unspecified atom stereocenters. The van der Waals surface area contributed by atoms with Gasteiger partial charge in [-0.2, -0.15) is 0 Å². The second kappa shape index (κ2) is 5.07. The quantitative estimate of drug-likeness (QED) is 0.543. The lowest BCUT2D eigenvalue weighted by atomic mass is 10.0. The van der Waals surface area contributed by atoms with Crippen molar-refractivity contribution in [1.29, 1.82) is 0 Å². The van der Waals surface area contributed by atoms with Crippen LogP contribution in [0, 0.1) is 0 Å². The first-order valence-corrected chi connectivity index (χ1v) is 11.6. The van der Waals surface area contributed by atoms with Crippen LogP contribution < -0.4 is 0 Å². The summed E-state index contributed by atoms with van der Waals surface area (Å²) < 4.78 is 0. The van der Waals surface area contributed by atoms with E-state index >= 15 is 0 Å². The summed E-state index contributed by atoms with van der Waals surface area (Å²) in [5, 5.41) is 3.36. The zero-order valence-corrected chi connectivity index (χ0v) is 15.5. The summed E-state index contributed by atoms with van der Waals surface area (Å²) in [7, 11) is -1.71. The van der Waals surface area contributed by atoms with Crippen molar-refractivity contribution in [3.05, 3.63) is 92.4 Å². The Bertz CT molecular complexity index is 772. The Kier molecular flexibility index (Phi) is 3.24. The molecule has 0 amide bonds. The normalized spacial score (nSPS) is 22.8. The van der Waals surface area contributed by atoms with Gasteiger partial charge in [-0.25, -0.2) is 0 Å². The van der Waals surface area contributed by atoms with Gasteiger partial charge in [-0.05, 0) is 59.4 Å². The molecule has 0 aromatic heterocycles. The first-order chi connectivity index (χ1) is 11.0. The van der Waals surface area contributed by atoms with E-state index < -0.39 is 8.07 Å². The topological polar surface area (TPSA) is 0 Å². The molecule has 4 rings (SSSR count). The molecule has 0 radical (unpaired) electrons. The Morgan fingerprint density at radius 2 is 1.17 bits per heavy atom. The molecule has 116 valence electrons. The van der Waals surface area contributed by atoms with Crippen molar-refractivity contribution in [2.24, 2.45) is 0 Å². The number of hydrogen-bond donors (Lipinski definition) is 0. The minimum Gasteiger partial charge on any atom is -0.0801 e. The van der Waals surface area contributed by atoms with Crippen LogP contribution in [-0.2, 0) is 0 Å². The highest BCUT2D eigenvalue weighted by atomic mass is 28.3. The third-order valence-corrected chi connectivity index (χ3v) is 9.44. The molecule has 0 nitrogen and oxygen atoms in total. The molecular formula is C22H24Si. The van der Waals surface area contributed by atoms with Gasteiger partial charge in [0.2, 0.25) is 0 Å². The summed E-state index contributed by atoms with van der Waals surface area (Å²) in [6.07, 6.45) is 20.6.